The van der Waals surface area contributed by atoms with Gasteiger partial charge in [0.1, 0.15) is 29.9 Å². The highest BCUT2D eigenvalue weighted by Crippen LogP contribution is 2.66. The summed E-state index contributed by atoms with van der Waals surface area (Å²) in [6, 6.07) is 37.7. The topological polar surface area (TPSA) is 178 Å². The molecule has 2 fully saturated rings. The van der Waals surface area contributed by atoms with E-state index in [0.29, 0.717) is 40.2 Å². The summed E-state index contributed by atoms with van der Waals surface area (Å²) in [5.74, 6) is -2.56. The van der Waals surface area contributed by atoms with Crippen molar-refractivity contribution in [2.24, 2.45) is 5.92 Å². The summed E-state index contributed by atoms with van der Waals surface area (Å²) in [4.78, 5) is 77.8. The van der Waals surface area contributed by atoms with Crippen molar-refractivity contribution >= 4 is 35.3 Å². The number of non-ortho nitro benzene ring substituents is 1. The summed E-state index contributed by atoms with van der Waals surface area (Å²) >= 11 is 0. The van der Waals surface area contributed by atoms with Crippen molar-refractivity contribution in [3.05, 3.63) is 195 Å². The van der Waals surface area contributed by atoms with E-state index in [1.807, 2.05) is 77.7 Å². The number of hydrogen-bond donors (Lipinski definition) is 1. The fraction of sp³-hybridized carbons (Fsp3) is 0.231. The third kappa shape index (κ3) is 7.01. The number of nitro groups is 1. The number of hydrogen-bond acceptors (Lipinski definition) is 12. The van der Waals surface area contributed by atoms with Gasteiger partial charge >= 0.3 is 12.1 Å². The number of carbonyl (C=O) groups is 4. The molecule has 6 atom stereocenters. The molecule has 4 heterocycles. The number of nitro benzene ring substituents is 1. The number of aromatic hydroxyl groups is 1. The Bertz CT molecular complexity index is 2910. The van der Waals surface area contributed by atoms with Gasteiger partial charge in [0.05, 0.1) is 42.8 Å². The summed E-state index contributed by atoms with van der Waals surface area (Å²) in [5, 5.41) is 22.1. The lowest BCUT2D eigenvalue weighted by Gasteiger charge is -2.46. The predicted octanol–water partition coefficient (Wildman–Crippen LogP) is 7.90. The molecule has 1 N–H and O–H groups in total. The number of imide groups is 1. The molecular formula is C52H44N4O11. The van der Waals surface area contributed by atoms with Gasteiger partial charge in [-0.15, -0.1) is 0 Å². The first kappa shape index (κ1) is 42.9. The number of phenolic OH excluding ortho intramolecular Hbond substituents is 1. The molecule has 67 heavy (non-hydrogen) atoms. The second-order valence-electron chi connectivity index (χ2n) is 17.0. The highest BCUT2D eigenvalue weighted by molar-refractivity contribution is 6.23. The van der Waals surface area contributed by atoms with Crippen LogP contribution in [0.2, 0.25) is 0 Å². The second-order valence-corrected chi connectivity index (χ2v) is 17.0. The predicted molar refractivity (Wildman–Crippen MR) is 242 cm³/mol. The number of nitrogens with zero attached hydrogens (tertiary/aromatic N) is 4. The molecule has 0 saturated carbocycles. The number of anilines is 1. The Kier molecular flexibility index (Phi) is 10.9. The number of fused-ring (bicyclic) bond motifs is 4. The number of phenols is 1. The van der Waals surface area contributed by atoms with E-state index >= 15 is 14.4 Å². The molecule has 10 rings (SSSR count). The Balaban J connectivity index is 1.18. The van der Waals surface area contributed by atoms with E-state index in [1.54, 1.807) is 48.4 Å². The first-order chi connectivity index (χ1) is 32.5. The summed E-state index contributed by atoms with van der Waals surface area (Å²) in [5.41, 5.74) is 2.42. The SMILES string of the molecule is COc1cc2c(cc1OC)CN(C(=O)C1C3C(=O)OC(c4ccccc4)C(c4ccccc4)N3C(c3ccc(O)cc3)C13C(=O)N(C(=O)OCc1ccc([N+](=O)[O-])cc1)c1ccccc13)CC2. The fourth-order valence-electron chi connectivity index (χ4n) is 10.7. The smallest absolute Gasteiger partial charge is 0.421 e. The number of benzene rings is 6. The van der Waals surface area contributed by atoms with Gasteiger partial charge in [-0.2, -0.15) is 0 Å². The molecular weight excluding hydrogens is 857 g/mol. The van der Waals surface area contributed by atoms with Crippen LogP contribution in [0.5, 0.6) is 17.2 Å². The minimum atomic E-state index is -2.00. The molecule has 6 unspecified atom stereocenters. The maximum atomic E-state index is 16.3. The van der Waals surface area contributed by atoms with E-state index in [2.05, 4.69) is 0 Å². The molecule has 3 amide bonds. The zero-order valence-electron chi connectivity index (χ0n) is 36.4. The maximum absolute atomic E-state index is 16.3. The van der Waals surface area contributed by atoms with Crippen LogP contribution in [0.3, 0.4) is 0 Å². The lowest BCUT2D eigenvalue weighted by Crippen LogP contribution is -2.57. The molecule has 4 aliphatic rings. The molecule has 0 aliphatic carbocycles. The van der Waals surface area contributed by atoms with Gasteiger partial charge in [-0.25, -0.2) is 9.69 Å². The largest absolute Gasteiger partial charge is 0.508 e. The Labute approximate surface area is 384 Å². The summed E-state index contributed by atoms with van der Waals surface area (Å²) in [6.07, 6.45) is -1.54. The quantitative estimate of drug-likeness (QED) is 0.0844. The molecule has 15 nitrogen and oxygen atoms in total. The molecule has 0 aromatic heterocycles. The number of carbonyl (C=O) groups excluding carboxylic acids is 4. The monoisotopic (exact) mass is 900 g/mol. The normalized spacial score (nSPS) is 22.9. The third-order valence-corrected chi connectivity index (χ3v) is 13.6. The van der Waals surface area contributed by atoms with Crippen LogP contribution >= 0.6 is 0 Å². The van der Waals surface area contributed by atoms with Crippen molar-refractivity contribution in [2.75, 3.05) is 25.7 Å². The summed E-state index contributed by atoms with van der Waals surface area (Å²) in [7, 11) is 3.08. The fourth-order valence-corrected chi connectivity index (χ4v) is 10.7. The number of para-hydroxylation sites is 1. The molecule has 338 valence electrons. The lowest BCUT2D eigenvalue weighted by atomic mass is 9.65. The molecule has 0 bridgehead atoms. The molecule has 15 heteroatoms. The van der Waals surface area contributed by atoms with Crippen molar-refractivity contribution in [2.45, 2.75) is 49.2 Å². The molecule has 1 spiro atoms. The number of ether oxygens (including phenoxy) is 4. The number of morpholine rings is 1. The van der Waals surface area contributed by atoms with Crippen molar-refractivity contribution in [1.29, 1.82) is 0 Å². The summed E-state index contributed by atoms with van der Waals surface area (Å²) in [6.45, 7) is 0.000324. The Morgan fingerprint density at radius 1 is 0.776 bits per heavy atom. The van der Waals surface area contributed by atoms with Crippen molar-refractivity contribution in [3.63, 3.8) is 0 Å². The van der Waals surface area contributed by atoms with E-state index in [4.69, 9.17) is 18.9 Å². The number of cyclic esters (lactones) is 1. The van der Waals surface area contributed by atoms with E-state index in [9.17, 15) is 20.0 Å². The molecule has 2 saturated heterocycles. The van der Waals surface area contributed by atoms with Gasteiger partial charge in [0, 0.05) is 25.2 Å². The van der Waals surface area contributed by atoms with Crippen molar-refractivity contribution in [3.8, 4) is 17.2 Å². The average Bonchev–Trinajstić information content (AvgIpc) is 3.82. The van der Waals surface area contributed by atoms with Crippen LogP contribution in [0.15, 0.2) is 146 Å². The summed E-state index contributed by atoms with van der Waals surface area (Å²) < 4.78 is 23.6. The van der Waals surface area contributed by atoms with Gasteiger partial charge in [-0.05, 0) is 87.8 Å². The number of amides is 3. The Morgan fingerprint density at radius 2 is 1.40 bits per heavy atom. The Morgan fingerprint density at radius 3 is 2.06 bits per heavy atom. The van der Waals surface area contributed by atoms with E-state index in [1.165, 1.54) is 43.5 Å². The Hall–Kier alpha value is -8.04. The van der Waals surface area contributed by atoms with Crippen molar-refractivity contribution in [1.82, 2.24) is 9.80 Å². The number of methoxy groups -OCH3 is 2. The van der Waals surface area contributed by atoms with Crippen molar-refractivity contribution < 1.29 is 48.2 Å². The van der Waals surface area contributed by atoms with Gasteiger partial charge in [-0.1, -0.05) is 91.0 Å². The zero-order valence-corrected chi connectivity index (χ0v) is 36.4. The van der Waals surface area contributed by atoms with Gasteiger partial charge in [0.2, 0.25) is 11.8 Å². The minimum absolute atomic E-state index is 0.0477. The highest BCUT2D eigenvalue weighted by atomic mass is 16.6. The standard InChI is InChI=1S/C52H44N4O11/c1-64-41-27-35-25-26-53(29-36(35)28-42(41)65-2)48(58)43-45-49(59)67-46(33-13-7-4-8-14-33)44(32-11-5-3-6-12-32)55(45)47(34-19-23-38(57)24-20-34)52(43)39-15-9-10-16-40(39)54(50(52)60)51(61)66-30-31-17-21-37(22-18-31)56(62)63/h3-24,27-28,43-47,57H,25-26,29-30H2,1-2H3. The molecule has 6 aromatic carbocycles. The number of esters is 1. The number of rotatable bonds is 9. The van der Waals surface area contributed by atoms with Crippen LogP contribution in [0.4, 0.5) is 16.2 Å². The first-order valence-corrected chi connectivity index (χ1v) is 21.8. The average molecular weight is 901 g/mol. The van der Waals surface area contributed by atoms with Gasteiger partial charge in [0.25, 0.3) is 5.69 Å². The van der Waals surface area contributed by atoms with Crippen LogP contribution in [-0.2, 0) is 48.8 Å². The first-order valence-electron chi connectivity index (χ1n) is 21.8. The van der Waals surface area contributed by atoms with Crippen LogP contribution in [0, 0.1) is 16.0 Å². The highest BCUT2D eigenvalue weighted by Gasteiger charge is 2.76. The van der Waals surface area contributed by atoms with Crippen LogP contribution in [0.25, 0.3) is 0 Å². The second kappa shape index (κ2) is 17.1. The van der Waals surface area contributed by atoms with E-state index in [0.717, 1.165) is 21.6 Å². The van der Waals surface area contributed by atoms with Crippen LogP contribution in [0.1, 0.15) is 57.1 Å². The zero-order chi connectivity index (χ0) is 46.6. The lowest BCUT2D eigenvalue weighted by molar-refractivity contribution is -0.384. The van der Waals surface area contributed by atoms with Gasteiger partial charge in [-0.3, -0.25) is 29.4 Å². The van der Waals surface area contributed by atoms with Gasteiger partial charge in [0.15, 0.2) is 11.5 Å². The van der Waals surface area contributed by atoms with Crippen LogP contribution < -0.4 is 14.4 Å². The van der Waals surface area contributed by atoms with E-state index in [-0.39, 0.29) is 36.8 Å². The maximum Gasteiger partial charge on any atom is 0.421 e. The molecule has 6 aromatic rings. The van der Waals surface area contributed by atoms with Crippen LogP contribution in [-0.4, -0.2) is 70.5 Å². The molecule has 0 radical (unpaired) electrons. The third-order valence-electron chi connectivity index (χ3n) is 13.6. The van der Waals surface area contributed by atoms with E-state index < -0.39 is 64.4 Å². The van der Waals surface area contributed by atoms with Gasteiger partial charge < -0.3 is 29.0 Å². The molecule has 4 aliphatic heterocycles. The minimum Gasteiger partial charge on any atom is -0.508 e.